The molecule has 1 aliphatic rings. The Bertz CT molecular complexity index is 601. The Balaban J connectivity index is 1.81. The molecule has 1 aromatic rings. The van der Waals surface area contributed by atoms with Crippen LogP contribution in [0.25, 0.3) is 0 Å². The number of piperidine rings is 1. The summed E-state index contributed by atoms with van der Waals surface area (Å²) >= 11 is 0. The van der Waals surface area contributed by atoms with Crippen LogP contribution < -0.4 is 10.1 Å². The Kier molecular flexibility index (Phi) is 5.98. The van der Waals surface area contributed by atoms with E-state index >= 15 is 0 Å². The first kappa shape index (κ1) is 16.8. The van der Waals surface area contributed by atoms with Crippen LogP contribution in [-0.2, 0) is 16.0 Å². The Morgan fingerprint density at radius 3 is 2.78 bits per heavy atom. The number of benzene rings is 1. The molecule has 6 heteroatoms. The summed E-state index contributed by atoms with van der Waals surface area (Å²) in [7, 11) is 1.60. The molecule has 0 unspecified atom stereocenters. The largest absolute Gasteiger partial charge is 0.497 e. The van der Waals surface area contributed by atoms with Gasteiger partial charge in [0, 0.05) is 19.1 Å². The monoisotopic (exact) mass is 315 g/mol. The Hall–Kier alpha value is -2.55. The standard InChI is InChI=1S/C17H21N3O3/c1-23-15-4-2-3-13(11-15)12-17(22)20-9-6-14(7-10-20)19-16(21)5-8-18/h2-4,11,14H,5-7,9-10,12H2,1H3,(H,19,21). The van der Waals surface area contributed by atoms with Crippen molar-refractivity contribution in [2.24, 2.45) is 0 Å². The van der Waals surface area contributed by atoms with Crippen molar-refractivity contribution < 1.29 is 14.3 Å². The van der Waals surface area contributed by atoms with Crippen molar-refractivity contribution in [2.45, 2.75) is 31.7 Å². The van der Waals surface area contributed by atoms with Gasteiger partial charge in [0.05, 0.1) is 19.6 Å². The molecule has 0 spiro atoms. The van der Waals surface area contributed by atoms with E-state index in [4.69, 9.17) is 10.00 Å². The van der Waals surface area contributed by atoms with Crippen LogP contribution in [0.5, 0.6) is 5.75 Å². The minimum atomic E-state index is -0.242. The number of carbonyl (C=O) groups is 2. The summed E-state index contributed by atoms with van der Waals surface area (Å²) in [4.78, 5) is 25.6. The van der Waals surface area contributed by atoms with E-state index < -0.39 is 0 Å². The molecule has 1 heterocycles. The molecule has 0 bridgehead atoms. The van der Waals surface area contributed by atoms with Gasteiger partial charge in [-0.15, -0.1) is 0 Å². The van der Waals surface area contributed by atoms with Gasteiger partial charge in [0.2, 0.25) is 11.8 Å². The van der Waals surface area contributed by atoms with Gasteiger partial charge < -0.3 is 15.0 Å². The van der Waals surface area contributed by atoms with E-state index in [9.17, 15) is 9.59 Å². The highest BCUT2D eigenvalue weighted by molar-refractivity contribution is 5.79. The van der Waals surface area contributed by atoms with Gasteiger partial charge in [-0.3, -0.25) is 9.59 Å². The average Bonchev–Trinajstić information content (AvgIpc) is 2.56. The number of hydrogen-bond acceptors (Lipinski definition) is 4. The molecule has 0 atom stereocenters. The number of rotatable bonds is 5. The fraction of sp³-hybridized carbons (Fsp3) is 0.471. The molecule has 6 nitrogen and oxygen atoms in total. The Labute approximate surface area is 136 Å². The third-order valence-corrected chi connectivity index (χ3v) is 3.94. The number of nitrogens with one attached hydrogen (secondary N) is 1. The van der Waals surface area contributed by atoms with Crippen LogP contribution in [0.1, 0.15) is 24.8 Å². The zero-order chi connectivity index (χ0) is 16.7. The maximum absolute atomic E-state index is 12.4. The number of likely N-dealkylation sites (tertiary alicyclic amines) is 1. The SMILES string of the molecule is COc1cccc(CC(=O)N2CCC(NC(=O)CC#N)CC2)c1. The van der Waals surface area contributed by atoms with Crippen molar-refractivity contribution in [2.75, 3.05) is 20.2 Å². The summed E-state index contributed by atoms with van der Waals surface area (Å²) in [5.41, 5.74) is 0.929. The van der Waals surface area contributed by atoms with E-state index in [0.29, 0.717) is 19.5 Å². The van der Waals surface area contributed by atoms with Crippen molar-refractivity contribution >= 4 is 11.8 Å². The van der Waals surface area contributed by atoms with Crippen molar-refractivity contribution in [1.82, 2.24) is 10.2 Å². The number of hydrogen-bond donors (Lipinski definition) is 1. The van der Waals surface area contributed by atoms with Gasteiger partial charge in [0.1, 0.15) is 12.2 Å². The molecule has 1 fully saturated rings. The molecule has 0 aromatic heterocycles. The maximum atomic E-state index is 12.4. The molecule has 1 aromatic carbocycles. The minimum absolute atomic E-state index is 0.0525. The van der Waals surface area contributed by atoms with E-state index in [0.717, 1.165) is 24.2 Å². The second kappa shape index (κ2) is 8.18. The highest BCUT2D eigenvalue weighted by Gasteiger charge is 2.23. The first-order valence-corrected chi connectivity index (χ1v) is 7.69. The molecule has 1 saturated heterocycles. The second-order valence-corrected chi connectivity index (χ2v) is 5.59. The fourth-order valence-electron chi connectivity index (χ4n) is 2.69. The fourth-order valence-corrected chi connectivity index (χ4v) is 2.69. The lowest BCUT2D eigenvalue weighted by atomic mass is 10.0. The lowest BCUT2D eigenvalue weighted by molar-refractivity contribution is -0.131. The van der Waals surface area contributed by atoms with Crippen molar-refractivity contribution in [3.05, 3.63) is 29.8 Å². The normalized spacial score (nSPS) is 14.9. The topological polar surface area (TPSA) is 82.4 Å². The molecule has 2 amide bonds. The number of methoxy groups -OCH3 is 1. The van der Waals surface area contributed by atoms with Gasteiger partial charge in [0.15, 0.2) is 0 Å². The molecular formula is C17H21N3O3. The van der Waals surface area contributed by atoms with E-state index in [1.165, 1.54) is 0 Å². The number of carbonyl (C=O) groups excluding carboxylic acids is 2. The molecule has 0 saturated carbocycles. The molecule has 122 valence electrons. The maximum Gasteiger partial charge on any atom is 0.234 e. The lowest BCUT2D eigenvalue weighted by Crippen LogP contribution is -2.46. The molecule has 2 rings (SSSR count). The summed E-state index contributed by atoms with van der Waals surface area (Å²) in [6, 6.07) is 9.39. The number of nitriles is 1. The van der Waals surface area contributed by atoms with Crippen LogP contribution in [-0.4, -0.2) is 43.0 Å². The smallest absolute Gasteiger partial charge is 0.234 e. The van der Waals surface area contributed by atoms with Crippen LogP contribution in [0.3, 0.4) is 0 Å². The average molecular weight is 315 g/mol. The molecule has 1 N–H and O–H groups in total. The minimum Gasteiger partial charge on any atom is -0.497 e. The van der Waals surface area contributed by atoms with Crippen molar-refractivity contribution in [1.29, 1.82) is 5.26 Å². The summed E-state index contributed by atoms with van der Waals surface area (Å²) < 4.78 is 5.16. The van der Waals surface area contributed by atoms with Gasteiger partial charge in [0.25, 0.3) is 0 Å². The Morgan fingerprint density at radius 1 is 1.39 bits per heavy atom. The van der Waals surface area contributed by atoms with E-state index in [-0.39, 0.29) is 24.3 Å². The molecule has 0 aliphatic carbocycles. The number of nitrogens with zero attached hydrogens (tertiary/aromatic N) is 2. The third kappa shape index (κ3) is 4.99. The third-order valence-electron chi connectivity index (χ3n) is 3.94. The van der Waals surface area contributed by atoms with Crippen molar-refractivity contribution in [3.8, 4) is 11.8 Å². The molecule has 0 radical (unpaired) electrons. The van der Waals surface area contributed by atoms with Gasteiger partial charge in [-0.25, -0.2) is 0 Å². The zero-order valence-corrected chi connectivity index (χ0v) is 13.2. The quantitative estimate of drug-likeness (QED) is 0.887. The lowest BCUT2D eigenvalue weighted by Gasteiger charge is -2.32. The predicted octanol–water partition coefficient (Wildman–Crippen LogP) is 1.26. The van der Waals surface area contributed by atoms with Gasteiger partial charge in [-0.05, 0) is 30.5 Å². The van der Waals surface area contributed by atoms with E-state index in [1.54, 1.807) is 7.11 Å². The number of amides is 2. The Morgan fingerprint density at radius 2 is 2.13 bits per heavy atom. The molecule has 1 aliphatic heterocycles. The first-order chi connectivity index (χ1) is 11.1. The molecule has 23 heavy (non-hydrogen) atoms. The summed E-state index contributed by atoms with van der Waals surface area (Å²) in [6.45, 7) is 1.25. The van der Waals surface area contributed by atoms with Crippen LogP contribution >= 0.6 is 0 Å². The van der Waals surface area contributed by atoms with Crippen molar-refractivity contribution in [3.63, 3.8) is 0 Å². The highest BCUT2D eigenvalue weighted by Crippen LogP contribution is 2.16. The van der Waals surface area contributed by atoms with Crippen LogP contribution in [0.4, 0.5) is 0 Å². The summed E-state index contributed by atoms with van der Waals surface area (Å²) in [5.74, 6) is 0.586. The summed E-state index contributed by atoms with van der Waals surface area (Å²) in [5, 5.41) is 11.3. The second-order valence-electron chi connectivity index (χ2n) is 5.59. The predicted molar refractivity (Wildman–Crippen MR) is 84.7 cm³/mol. The zero-order valence-electron chi connectivity index (χ0n) is 13.2. The first-order valence-electron chi connectivity index (χ1n) is 7.69. The van der Waals surface area contributed by atoms with E-state index in [1.807, 2.05) is 35.2 Å². The van der Waals surface area contributed by atoms with E-state index in [2.05, 4.69) is 5.32 Å². The summed E-state index contributed by atoms with van der Waals surface area (Å²) in [6.07, 6.45) is 1.68. The van der Waals surface area contributed by atoms with Crippen LogP contribution in [0.15, 0.2) is 24.3 Å². The van der Waals surface area contributed by atoms with Crippen LogP contribution in [0, 0.1) is 11.3 Å². The van der Waals surface area contributed by atoms with Gasteiger partial charge in [-0.1, -0.05) is 12.1 Å². The highest BCUT2D eigenvalue weighted by atomic mass is 16.5. The van der Waals surface area contributed by atoms with Crippen LogP contribution in [0.2, 0.25) is 0 Å². The number of ether oxygens (including phenoxy) is 1. The van der Waals surface area contributed by atoms with Gasteiger partial charge in [-0.2, -0.15) is 5.26 Å². The molecular weight excluding hydrogens is 294 g/mol. The van der Waals surface area contributed by atoms with Gasteiger partial charge >= 0.3 is 0 Å².